The van der Waals surface area contributed by atoms with Gasteiger partial charge >= 0.3 is 0 Å². The minimum atomic E-state index is -0.0769. The quantitative estimate of drug-likeness (QED) is 0.768. The molecule has 0 saturated carbocycles. The van der Waals surface area contributed by atoms with E-state index in [0.29, 0.717) is 24.6 Å². The molecular formula is C15H19N3O2. The van der Waals surface area contributed by atoms with Crippen molar-refractivity contribution in [3.63, 3.8) is 0 Å². The smallest absolute Gasteiger partial charge is 0.251 e. The molecule has 5 heteroatoms. The molecule has 1 fully saturated rings. The third-order valence-corrected chi connectivity index (χ3v) is 3.94. The Kier molecular flexibility index (Phi) is 3.69. The lowest BCUT2D eigenvalue weighted by Crippen LogP contribution is -2.30. The second-order valence-electron chi connectivity index (χ2n) is 5.43. The first kappa shape index (κ1) is 13.1. The van der Waals surface area contributed by atoms with Crippen molar-refractivity contribution in [2.24, 2.45) is 0 Å². The van der Waals surface area contributed by atoms with Gasteiger partial charge in [0.15, 0.2) is 0 Å². The van der Waals surface area contributed by atoms with Crippen LogP contribution >= 0.6 is 0 Å². The maximum absolute atomic E-state index is 12.1. The Labute approximate surface area is 118 Å². The number of benzene rings is 1. The van der Waals surface area contributed by atoms with Crippen LogP contribution in [0, 0.1) is 0 Å². The molecule has 3 rings (SSSR count). The summed E-state index contributed by atoms with van der Waals surface area (Å²) in [7, 11) is 0. The third kappa shape index (κ3) is 2.82. The molecule has 2 aliphatic rings. The maximum atomic E-state index is 12.1. The fourth-order valence-electron chi connectivity index (χ4n) is 2.82. The lowest BCUT2D eigenvalue weighted by atomic mass is 10.1. The first-order valence-corrected chi connectivity index (χ1v) is 7.17. The molecule has 1 aromatic carbocycles. The Morgan fingerprint density at radius 2 is 2.30 bits per heavy atom. The average Bonchev–Trinajstić information content (AvgIpc) is 3.05. The molecule has 2 aliphatic heterocycles. The fraction of sp³-hybridized carbons (Fsp3) is 0.467. The highest BCUT2D eigenvalue weighted by Gasteiger charge is 2.19. The van der Waals surface area contributed by atoms with E-state index in [1.54, 1.807) is 12.1 Å². The van der Waals surface area contributed by atoms with E-state index in [4.69, 9.17) is 0 Å². The van der Waals surface area contributed by atoms with Gasteiger partial charge in [-0.1, -0.05) is 6.07 Å². The first-order valence-electron chi connectivity index (χ1n) is 7.17. The summed E-state index contributed by atoms with van der Waals surface area (Å²) in [6.45, 7) is 1.77. The Morgan fingerprint density at radius 1 is 1.40 bits per heavy atom. The molecule has 1 saturated heterocycles. The molecule has 20 heavy (non-hydrogen) atoms. The van der Waals surface area contributed by atoms with E-state index in [-0.39, 0.29) is 11.8 Å². The van der Waals surface area contributed by atoms with Crippen LogP contribution in [0.4, 0.5) is 5.69 Å². The number of amides is 2. The molecule has 0 aromatic heterocycles. The van der Waals surface area contributed by atoms with E-state index in [1.807, 2.05) is 6.07 Å². The molecule has 1 atom stereocenters. The van der Waals surface area contributed by atoms with Crippen molar-refractivity contribution in [3.8, 4) is 0 Å². The van der Waals surface area contributed by atoms with Crippen molar-refractivity contribution in [2.75, 3.05) is 18.4 Å². The predicted molar refractivity (Wildman–Crippen MR) is 76.8 cm³/mol. The number of hydrogen-bond acceptors (Lipinski definition) is 3. The number of fused-ring (bicyclic) bond motifs is 1. The highest BCUT2D eigenvalue weighted by Crippen LogP contribution is 2.23. The number of hydrogen-bond donors (Lipinski definition) is 3. The van der Waals surface area contributed by atoms with Gasteiger partial charge in [-0.15, -0.1) is 0 Å². The van der Waals surface area contributed by atoms with Crippen LogP contribution in [0.1, 0.15) is 35.2 Å². The Hall–Kier alpha value is -1.88. The topological polar surface area (TPSA) is 70.2 Å². The molecule has 2 heterocycles. The number of anilines is 1. The van der Waals surface area contributed by atoms with Crippen molar-refractivity contribution in [1.82, 2.24) is 10.6 Å². The van der Waals surface area contributed by atoms with Gasteiger partial charge < -0.3 is 16.0 Å². The van der Waals surface area contributed by atoms with Crippen molar-refractivity contribution < 1.29 is 9.59 Å². The van der Waals surface area contributed by atoms with Crippen LogP contribution in [0.3, 0.4) is 0 Å². The third-order valence-electron chi connectivity index (χ3n) is 3.94. The largest absolute Gasteiger partial charge is 0.352 e. The highest BCUT2D eigenvalue weighted by molar-refractivity contribution is 6.02. The van der Waals surface area contributed by atoms with Gasteiger partial charge in [-0.25, -0.2) is 0 Å². The van der Waals surface area contributed by atoms with E-state index in [0.717, 1.165) is 24.2 Å². The monoisotopic (exact) mass is 273 g/mol. The van der Waals surface area contributed by atoms with Crippen LogP contribution in [0.25, 0.3) is 0 Å². The summed E-state index contributed by atoms with van der Waals surface area (Å²) in [6.07, 6.45) is 3.79. The van der Waals surface area contributed by atoms with E-state index in [2.05, 4.69) is 16.0 Å². The number of nitrogens with one attached hydrogen (secondary N) is 3. The fourth-order valence-corrected chi connectivity index (χ4v) is 2.82. The van der Waals surface area contributed by atoms with E-state index >= 15 is 0 Å². The second-order valence-corrected chi connectivity index (χ2v) is 5.43. The summed E-state index contributed by atoms with van der Waals surface area (Å²) in [5.41, 5.74) is 2.33. The van der Waals surface area contributed by atoms with Crippen LogP contribution < -0.4 is 16.0 Å². The highest BCUT2D eigenvalue weighted by atomic mass is 16.2. The SMILES string of the molecule is O=C1Cc2ccc(C(=O)NCCC3CCCN3)cc2N1. The second kappa shape index (κ2) is 5.63. The maximum Gasteiger partial charge on any atom is 0.251 e. The summed E-state index contributed by atoms with van der Waals surface area (Å²) in [5, 5.41) is 9.11. The molecule has 0 bridgehead atoms. The summed E-state index contributed by atoms with van der Waals surface area (Å²) in [6, 6.07) is 5.92. The van der Waals surface area contributed by atoms with Gasteiger partial charge in [0.2, 0.25) is 5.91 Å². The zero-order valence-corrected chi connectivity index (χ0v) is 11.4. The van der Waals surface area contributed by atoms with E-state index < -0.39 is 0 Å². The minimum Gasteiger partial charge on any atom is -0.352 e. The van der Waals surface area contributed by atoms with Crippen LogP contribution in [0.15, 0.2) is 18.2 Å². The lowest BCUT2D eigenvalue weighted by Gasteiger charge is -2.11. The molecule has 2 amide bonds. The Bertz CT molecular complexity index is 536. The van der Waals surface area contributed by atoms with Crippen molar-refractivity contribution in [1.29, 1.82) is 0 Å². The number of rotatable bonds is 4. The van der Waals surface area contributed by atoms with Gasteiger partial charge in [0.25, 0.3) is 5.91 Å². The first-order chi connectivity index (χ1) is 9.72. The molecule has 1 unspecified atom stereocenters. The molecule has 0 spiro atoms. The predicted octanol–water partition coefficient (Wildman–Crippen LogP) is 1.05. The molecule has 1 aromatic rings. The Balaban J connectivity index is 1.54. The van der Waals surface area contributed by atoms with E-state index in [9.17, 15) is 9.59 Å². The van der Waals surface area contributed by atoms with Gasteiger partial charge in [0.1, 0.15) is 0 Å². The lowest BCUT2D eigenvalue weighted by molar-refractivity contribution is -0.115. The average molecular weight is 273 g/mol. The van der Waals surface area contributed by atoms with Crippen LogP contribution in [0.5, 0.6) is 0 Å². The summed E-state index contributed by atoms with van der Waals surface area (Å²) in [4.78, 5) is 23.3. The number of carbonyl (C=O) groups excluding carboxylic acids is 2. The summed E-state index contributed by atoms with van der Waals surface area (Å²) >= 11 is 0. The van der Waals surface area contributed by atoms with Gasteiger partial charge in [0, 0.05) is 23.8 Å². The zero-order chi connectivity index (χ0) is 13.9. The van der Waals surface area contributed by atoms with Gasteiger partial charge in [0.05, 0.1) is 6.42 Å². The Morgan fingerprint density at radius 3 is 3.10 bits per heavy atom. The van der Waals surface area contributed by atoms with Crippen LogP contribution in [-0.2, 0) is 11.2 Å². The number of carbonyl (C=O) groups is 2. The van der Waals surface area contributed by atoms with Crippen LogP contribution in [-0.4, -0.2) is 30.9 Å². The summed E-state index contributed by atoms with van der Waals surface area (Å²) in [5.74, 6) is -0.0863. The van der Waals surface area contributed by atoms with Crippen molar-refractivity contribution >= 4 is 17.5 Å². The molecular weight excluding hydrogens is 254 g/mol. The zero-order valence-electron chi connectivity index (χ0n) is 11.4. The molecule has 0 radical (unpaired) electrons. The van der Waals surface area contributed by atoms with E-state index in [1.165, 1.54) is 12.8 Å². The van der Waals surface area contributed by atoms with Gasteiger partial charge in [-0.3, -0.25) is 9.59 Å². The molecule has 0 aliphatic carbocycles. The minimum absolute atomic E-state index is 0.00938. The molecule has 3 N–H and O–H groups in total. The van der Waals surface area contributed by atoms with Gasteiger partial charge in [-0.2, -0.15) is 0 Å². The molecule has 5 nitrogen and oxygen atoms in total. The van der Waals surface area contributed by atoms with Crippen LogP contribution in [0.2, 0.25) is 0 Å². The van der Waals surface area contributed by atoms with Crippen molar-refractivity contribution in [2.45, 2.75) is 31.7 Å². The molecule has 106 valence electrons. The normalized spacial score (nSPS) is 20.6. The van der Waals surface area contributed by atoms with Gasteiger partial charge in [-0.05, 0) is 43.5 Å². The van der Waals surface area contributed by atoms with Crippen molar-refractivity contribution in [3.05, 3.63) is 29.3 Å². The standard InChI is InChI=1S/C15H19N3O2/c19-14-9-10-3-4-11(8-13(10)18-14)15(20)17-7-5-12-2-1-6-16-12/h3-4,8,12,16H,1-2,5-7,9H2,(H,17,20)(H,18,19). The summed E-state index contributed by atoms with van der Waals surface area (Å²) < 4.78 is 0.